The van der Waals surface area contributed by atoms with Gasteiger partial charge in [-0.05, 0) is 44.0 Å². The van der Waals surface area contributed by atoms with Gasteiger partial charge >= 0.3 is 5.97 Å². The maximum Gasteiger partial charge on any atom is 0.314 e. The number of amides is 2. The molecule has 0 aliphatic heterocycles. The first-order valence-electron chi connectivity index (χ1n) is 8.15. The van der Waals surface area contributed by atoms with Gasteiger partial charge in [0, 0.05) is 23.9 Å². The molecular weight excluding hydrogens is 322 g/mol. The average molecular weight is 347 g/mol. The number of nitrogens with zero attached hydrogens (tertiary/aromatic N) is 1. The predicted octanol–water partition coefficient (Wildman–Crippen LogP) is 2.59. The highest BCUT2D eigenvalue weighted by Crippen LogP contribution is 2.15. The van der Waals surface area contributed by atoms with E-state index in [9.17, 15) is 14.4 Å². The molecule has 0 saturated carbocycles. The van der Waals surface area contributed by atoms with Crippen molar-refractivity contribution < 1.29 is 19.1 Å². The molecule has 2 amide bonds. The van der Waals surface area contributed by atoms with Crippen LogP contribution < -0.4 is 10.7 Å². The molecule has 0 radical (unpaired) electrons. The quantitative estimate of drug-likeness (QED) is 0.450. The summed E-state index contributed by atoms with van der Waals surface area (Å²) in [5.74, 6) is -1.46. The first-order valence-corrected chi connectivity index (χ1v) is 8.15. The van der Waals surface area contributed by atoms with Gasteiger partial charge in [-0.25, -0.2) is 5.43 Å². The van der Waals surface area contributed by atoms with Crippen molar-refractivity contribution in [2.45, 2.75) is 34.6 Å². The summed E-state index contributed by atoms with van der Waals surface area (Å²) in [6.45, 7) is 8.91. The van der Waals surface area contributed by atoms with Gasteiger partial charge in [0.1, 0.15) is 0 Å². The van der Waals surface area contributed by atoms with Crippen molar-refractivity contribution in [2.75, 3.05) is 11.9 Å². The zero-order valence-electron chi connectivity index (χ0n) is 15.3. The van der Waals surface area contributed by atoms with Gasteiger partial charge in [0.2, 0.25) is 5.91 Å². The molecule has 1 rings (SSSR count). The van der Waals surface area contributed by atoms with E-state index in [2.05, 4.69) is 15.8 Å². The van der Waals surface area contributed by atoms with Gasteiger partial charge < -0.3 is 10.1 Å². The number of nitrogens with one attached hydrogen (secondary N) is 2. The van der Waals surface area contributed by atoms with E-state index < -0.39 is 11.8 Å². The summed E-state index contributed by atoms with van der Waals surface area (Å²) in [7, 11) is 0. The standard InChI is InChI=1S/C18H25N3O4/c1-6-25-18(24)16(11(2)3)12(4)20-21-17(23)14-7-9-15(10-8-14)19-13(5)22/h7-11,16H,6H2,1-5H3,(H,19,22)(H,21,23)/b20-12-/t16-/m0/s1. The topological polar surface area (TPSA) is 96.9 Å². The molecule has 7 heteroatoms. The Morgan fingerprint density at radius 3 is 2.20 bits per heavy atom. The average Bonchev–Trinajstić information content (AvgIpc) is 2.52. The molecule has 25 heavy (non-hydrogen) atoms. The Kier molecular flexibility index (Phi) is 7.78. The number of carbonyl (C=O) groups is 3. The highest BCUT2D eigenvalue weighted by molar-refractivity contribution is 6.02. The maximum absolute atomic E-state index is 12.1. The van der Waals surface area contributed by atoms with Crippen molar-refractivity contribution in [3.8, 4) is 0 Å². The number of rotatable bonds is 7. The van der Waals surface area contributed by atoms with Crippen LogP contribution in [0.15, 0.2) is 29.4 Å². The Bertz CT molecular complexity index is 651. The van der Waals surface area contributed by atoms with Crippen LogP contribution in [0.5, 0.6) is 0 Å². The van der Waals surface area contributed by atoms with Crippen molar-refractivity contribution in [3.63, 3.8) is 0 Å². The summed E-state index contributed by atoms with van der Waals surface area (Å²) in [6, 6.07) is 6.41. The second kappa shape index (κ2) is 9.56. The Balaban J connectivity index is 2.79. The van der Waals surface area contributed by atoms with Gasteiger partial charge in [-0.3, -0.25) is 14.4 Å². The van der Waals surface area contributed by atoms with Gasteiger partial charge in [0.25, 0.3) is 5.91 Å². The molecule has 0 saturated heterocycles. The molecule has 2 N–H and O–H groups in total. The molecule has 1 aromatic carbocycles. The summed E-state index contributed by atoms with van der Waals surface area (Å²) in [6.07, 6.45) is 0. The smallest absolute Gasteiger partial charge is 0.314 e. The fraction of sp³-hybridized carbons (Fsp3) is 0.444. The van der Waals surface area contributed by atoms with Crippen LogP contribution in [0.25, 0.3) is 0 Å². The molecule has 0 fully saturated rings. The molecule has 0 aliphatic carbocycles. The van der Waals surface area contributed by atoms with Crippen LogP contribution in [0.4, 0.5) is 5.69 Å². The lowest BCUT2D eigenvalue weighted by Gasteiger charge is -2.18. The van der Waals surface area contributed by atoms with Crippen LogP contribution in [0.3, 0.4) is 0 Å². The highest BCUT2D eigenvalue weighted by atomic mass is 16.5. The van der Waals surface area contributed by atoms with E-state index in [0.29, 0.717) is 23.6 Å². The number of carbonyl (C=O) groups excluding carboxylic acids is 3. The van der Waals surface area contributed by atoms with E-state index in [4.69, 9.17) is 4.74 Å². The van der Waals surface area contributed by atoms with Crippen molar-refractivity contribution >= 4 is 29.2 Å². The largest absolute Gasteiger partial charge is 0.465 e. The van der Waals surface area contributed by atoms with Gasteiger partial charge in [-0.2, -0.15) is 5.10 Å². The minimum atomic E-state index is -0.512. The van der Waals surface area contributed by atoms with Crippen LogP contribution in [0.2, 0.25) is 0 Å². The number of anilines is 1. The van der Waals surface area contributed by atoms with E-state index in [1.165, 1.54) is 6.92 Å². The van der Waals surface area contributed by atoms with Crippen molar-refractivity contribution in [1.29, 1.82) is 0 Å². The zero-order chi connectivity index (χ0) is 19.0. The van der Waals surface area contributed by atoms with Crippen LogP contribution in [0.1, 0.15) is 45.0 Å². The minimum absolute atomic E-state index is 0.00311. The Hall–Kier alpha value is -2.70. The molecule has 1 atom stereocenters. The van der Waals surface area contributed by atoms with Crippen LogP contribution >= 0.6 is 0 Å². The van der Waals surface area contributed by atoms with E-state index in [0.717, 1.165) is 0 Å². The second-order valence-electron chi connectivity index (χ2n) is 5.93. The minimum Gasteiger partial charge on any atom is -0.465 e. The number of ether oxygens (including phenoxy) is 1. The fourth-order valence-electron chi connectivity index (χ4n) is 2.34. The monoisotopic (exact) mass is 347 g/mol. The van der Waals surface area contributed by atoms with Crippen molar-refractivity contribution in [2.24, 2.45) is 16.9 Å². The summed E-state index contributed by atoms with van der Waals surface area (Å²) in [5, 5.41) is 6.67. The summed E-state index contributed by atoms with van der Waals surface area (Å²) in [5.41, 5.74) is 3.92. The molecule has 0 aliphatic rings. The fourth-order valence-corrected chi connectivity index (χ4v) is 2.34. The maximum atomic E-state index is 12.1. The van der Waals surface area contributed by atoms with Crippen molar-refractivity contribution in [3.05, 3.63) is 29.8 Å². The normalized spacial score (nSPS) is 12.5. The lowest BCUT2D eigenvalue weighted by Crippen LogP contribution is -2.31. The first kappa shape index (κ1) is 20.3. The molecule has 0 spiro atoms. The number of hydrazone groups is 1. The molecule has 136 valence electrons. The first-order chi connectivity index (χ1) is 11.8. The van der Waals surface area contributed by atoms with Crippen LogP contribution in [0, 0.1) is 11.8 Å². The van der Waals surface area contributed by atoms with E-state index in [1.54, 1.807) is 38.1 Å². The molecule has 0 aromatic heterocycles. The predicted molar refractivity (Wildman–Crippen MR) is 96.3 cm³/mol. The number of hydrogen-bond acceptors (Lipinski definition) is 5. The molecule has 0 heterocycles. The van der Waals surface area contributed by atoms with E-state index in [1.807, 2.05) is 13.8 Å². The number of benzene rings is 1. The van der Waals surface area contributed by atoms with Crippen LogP contribution in [-0.2, 0) is 14.3 Å². The molecule has 0 bridgehead atoms. The summed E-state index contributed by atoms with van der Waals surface area (Å²) < 4.78 is 5.06. The van der Waals surface area contributed by atoms with Gasteiger partial charge in [-0.1, -0.05) is 13.8 Å². The third-order valence-electron chi connectivity index (χ3n) is 3.46. The summed E-state index contributed by atoms with van der Waals surface area (Å²) >= 11 is 0. The van der Waals surface area contributed by atoms with Crippen LogP contribution in [-0.4, -0.2) is 30.1 Å². The Morgan fingerprint density at radius 2 is 1.72 bits per heavy atom. The Morgan fingerprint density at radius 1 is 1.12 bits per heavy atom. The second-order valence-corrected chi connectivity index (χ2v) is 5.93. The Labute approximate surface area is 147 Å². The van der Waals surface area contributed by atoms with Gasteiger partial charge in [-0.15, -0.1) is 0 Å². The van der Waals surface area contributed by atoms with E-state index >= 15 is 0 Å². The van der Waals surface area contributed by atoms with Crippen molar-refractivity contribution in [1.82, 2.24) is 5.43 Å². The zero-order valence-corrected chi connectivity index (χ0v) is 15.3. The molecule has 7 nitrogen and oxygen atoms in total. The SMILES string of the molecule is CCOC(=O)[C@H](/C(C)=N\NC(=O)c1ccc(NC(C)=O)cc1)C(C)C. The summed E-state index contributed by atoms with van der Waals surface area (Å²) in [4.78, 5) is 35.1. The van der Waals surface area contributed by atoms with Gasteiger partial charge in [0.15, 0.2) is 0 Å². The van der Waals surface area contributed by atoms with E-state index in [-0.39, 0.29) is 17.8 Å². The third kappa shape index (κ3) is 6.37. The lowest BCUT2D eigenvalue weighted by atomic mass is 9.92. The van der Waals surface area contributed by atoms with Gasteiger partial charge in [0.05, 0.1) is 12.5 Å². The number of hydrogen-bond donors (Lipinski definition) is 2. The third-order valence-corrected chi connectivity index (χ3v) is 3.46. The lowest BCUT2D eigenvalue weighted by molar-refractivity contribution is -0.146. The molecular formula is C18H25N3O4. The molecule has 0 unspecified atom stereocenters. The highest BCUT2D eigenvalue weighted by Gasteiger charge is 2.26. The number of esters is 1. The molecule has 1 aromatic rings.